The minimum atomic E-state index is -0.150. The van der Waals surface area contributed by atoms with E-state index in [9.17, 15) is 9.59 Å². The SMILES string of the molecule is CC(C)(C)c1ccc(N2C(=O)CSC2c2cccc(NC(=O)c3ccccc3)c2)cc1. The summed E-state index contributed by atoms with van der Waals surface area (Å²) in [4.78, 5) is 27.1. The molecule has 31 heavy (non-hydrogen) atoms. The van der Waals surface area contributed by atoms with Crippen LogP contribution in [0.2, 0.25) is 0 Å². The quantitative estimate of drug-likeness (QED) is 0.551. The van der Waals surface area contributed by atoms with E-state index in [2.05, 4.69) is 38.2 Å². The van der Waals surface area contributed by atoms with E-state index in [4.69, 9.17) is 0 Å². The summed E-state index contributed by atoms with van der Waals surface area (Å²) in [5, 5.41) is 2.84. The summed E-state index contributed by atoms with van der Waals surface area (Å²) in [6.45, 7) is 6.53. The fraction of sp³-hybridized carbons (Fsp3) is 0.231. The molecule has 0 aromatic heterocycles. The van der Waals surface area contributed by atoms with Gasteiger partial charge in [-0.3, -0.25) is 14.5 Å². The van der Waals surface area contributed by atoms with Gasteiger partial charge in [-0.2, -0.15) is 0 Å². The van der Waals surface area contributed by atoms with Crippen LogP contribution in [0.1, 0.15) is 47.6 Å². The van der Waals surface area contributed by atoms with Gasteiger partial charge in [-0.15, -0.1) is 11.8 Å². The summed E-state index contributed by atoms with van der Waals surface area (Å²) < 4.78 is 0. The topological polar surface area (TPSA) is 49.4 Å². The van der Waals surface area contributed by atoms with Gasteiger partial charge in [0.25, 0.3) is 5.91 Å². The monoisotopic (exact) mass is 430 g/mol. The second kappa shape index (κ2) is 8.60. The number of nitrogens with zero attached hydrogens (tertiary/aromatic N) is 1. The van der Waals surface area contributed by atoms with Crippen LogP contribution in [0, 0.1) is 0 Å². The van der Waals surface area contributed by atoms with Crippen molar-refractivity contribution in [3.63, 3.8) is 0 Å². The van der Waals surface area contributed by atoms with E-state index in [1.807, 2.05) is 59.5 Å². The van der Waals surface area contributed by atoms with Crippen molar-refractivity contribution in [3.05, 3.63) is 95.6 Å². The molecule has 1 heterocycles. The second-order valence-corrected chi connectivity index (χ2v) is 9.74. The van der Waals surface area contributed by atoms with Crippen LogP contribution in [0.15, 0.2) is 78.9 Å². The Kier molecular flexibility index (Phi) is 5.88. The highest BCUT2D eigenvalue weighted by atomic mass is 32.2. The van der Waals surface area contributed by atoms with E-state index < -0.39 is 0 Å². The minimum absolute atomic E-state index is 0.0625. The van der Waals surface area contributed by atoms with Gasteiger partial charge in [-0.1, -0.05) is 63.2 Å². The summed E-state index contributed by atoms with van der Waals surface area (Å²) in [6.07, 6.45) is 0. The molecule has 1 N–H and O–H groups in total. The zero-order valence-electron chi connectivity index (χ0n) is 18.0. The van der Waals surface area contributed by atoms with Crippen LogP contribution < -0.4 is 10.2 Å². The molecule has 158 valence electrons. The number of anilines is 2. The van der Waals surface area contributed by atoms with E-state index in [-0.39, 0.29) is 22.6 Å². The number of thioether (sulfide) groups is 1. The lowest BCUT2D eigenvalue weighted by Gasteiger charge is -2.26. The number of rotatable bonds is 4. The molecule has 0 spiro atoms. The van der Waals surface area contributed by atoms with Crippen LogP contribution in [-0.4, -0.2) is 17.6 Å². The van der Waals surface area contributed by atoms with Gasteiger partial charge in [-0.05, 0) is 52.9 Å². The Hall–Kier alpha value is -3.05. The molecular formula is C26H26N2O2S. The maximum atomic E-state index is 12.7. The second-order valence-electron chi connectivity index (χ2n) is 8.67. The van der Waals surface area contributed by atoms with Gasteiger partial charge in [0.15, 0.2) is 0 Å². The average Bonchev–Trinajstić information content (AvgIpc) is 3.15. The third-order valence-corrected chi connectivity index (χ3v) is 6.56. The molecule has 1 fully saturated rings. The highest BCUT2D eigenvalue weighted by Crippen LogP contribution is 2.42. The zero-order chi connectivity index (χ0) is 22.0. The van der Waals surface area contributed by atoms with Crippen LogP contribution in [0.4, 0.5) is 11.4 Å². The van der Waals surface area contributed by atoms with Gasteiger partial charge >= 0.3 is 0 Å². The Bertz CT molecular complexity index is 1090. The van der Waals surface area contributed by atoms with Crippen molar-refractivity contribution in [2.45, 2.75) is 31.6 Å². The molecule has 3 aromatic carbocycles. The number of benzene rings is 3. The Morgan fingerprint density at radius 2 is 1.68 bits per heavy atom. The van der Waals surface area contributed by atoms with Gasteiger partial charge in [0, 0.05) is 16.9 Å². The molecule has 0 radical (unpaired) electrons. The summed E-state index contributed by atoms with van der Waals surface area (Å²) >= 11 is 1.60. The third kappa shape index (κ3) is 4.67. The van der Waals surface area contributed by atoms with Gasteiger partial charge in [0.2, 0.25) is 5.91 Å². The third-order valence-electron chi connectivity index (χ3n) is 5.35. The number of hydrogen-bond acceptors (Lipinski definition) is 3. The molecule has 1 aliphatic rings. The van der Waals surface area contributed by atoms with Crippen molar-refractivity contribution in [2.24, 2.45) is 0 Å². The molecule has 0 bridgehead atoms. The largest absolute Gasteiger partial charge is 0.322 e. The maximum Gasteiger partial charge on any atom is 0.255 e. The summed E-state index contributed by atoms with van der Waals surface area (Å²) in [5.74, 6) is 0.381. The van der Waals surface area contributed by atoms with Crippen molar-refractivity contribution < 1.29 is 9.59 Å². The molecule has 1 saturated heterocycles. The molecule has 0 aliphatic carbocycles. The highest BCUT2D eigenvalue weighted by molar-refractivity contribution is 8.00. The predicted molar refractivity (Wildman–Crippen MR) is 129 cm³/mol. The Labute approximate surface area is 187 Å². The molecule has 3 aromatic rings. The van der Waals surface area contributed by atoms with E-state index in [0.717, 1.165) is 11.3 Å². The summed E-state index contributed by atoms with van der Waals surface area (Å²) in [5.41, 5.74) is 4.51. The fourth-order valence-electron chi connectivity index (χ4n) is 3.63. The standard InChI is InChI=1S/C26H26N2O2S/c1-26(2,3)20-12-14-22(15-13-20)28-23(29)17-31-25(28)19-10-7-11-21(16-19)27-24(30)18-8-5-4-6-9-18/h4-16,25H,17H2,1-3H3,(H,27,30). The van der Waals surface area contributed by atoms with Gasteiger partial charge in [-0.25, -0.2) is 0 Å². The first-order valence-corrected chi connectivity index (χ1v) is 11.4. The van der Waals surface area contributed by atoms with Crippen molar-refractivity contribution in [2.75, 3.05) is 16.0 Å². The molecular weight excluding hydrogens is 404 g/mol. The van der Waals surface area contributed by atoms with Gasteiger partial charge < -0.3 is 5.32 Å². The molecule has 1 atom stereocenters. The summed E-state index contributed by atoms with van der Waals surface area (Å²) in [6, 6.07) is 25.1. The number of carbonyl (C=O) groups is 2. The predicted octanol–water partition coefficient (Wildman–Crippen LogP) is 6.02. The fourth-order valence-corrected chi connectivity index (χ4v) is 4.80. The Morgan fingerprint density at radius 1 is 0.968 bits per heavy atom. The van der Waals surface area contributed by atoms with Crippen LogP contribution in [0.25, 0.3) is 0 Å². The first-order chi connectivity index (χ1) is 14.8. The lowest BCUT2D eigenvalue weighted by Crippen LogP contribution is -2.28. The smallest absolute Gasteiger partial charge is 0.255 e. The maximum absolute atomic E-state index is 12.7. The first-order valence-electron chi connectivity index (χ1n) is 10.3. The lowest BCUT2D eigenvalue weighted by atomic mass is 9.87. The number of amides is 2. The first kappa shape index (κ1) is 21.2. The zero-order valence-corrected chi connectivity index (χ0v) is 18.8. The highest BCUT2D eigenvalue weighted by Gasteiger charge is 2.34. The molecule has 2 amide bonds. The van der Waals surface area contributed by atoms with E-state index >= 15 is 0 Å². The Balaban J connectivity index is 1.57. The molecule has 0 saturated carbocycles. The van der Waals surface area contributed by atoms with Crippen molar-refractivity contribution in [1.29, 1.82) is 0 Å². The molecule has 4 rings (SSSR count). The summed E-state index contributed by atoms with van der Waals surface area (Å²) in [7, 11) is 0. The van der Waals surface area contributed by atoms with Crippen molar-refractivity contribution in [3.8, 4) is 0 Å². The molecule has 4 nitrogen and oxygen atoms in total. The molecule has 1 unspecified atom stereocenters. The van der Waals surface area contributed by atoms with Crippen LogP contribution in [-0.2, 0) is 10.2 Å². The Morgan fingerprint density at radius 3 is 2.35 bits per heavy atom. The van der Waals surface area contributed by atoms with Gasteiger partial charge in [0.05, 0.1) is 5.75 Å². The van der Waals surface area contributed by atoms with Crippen LogP contribution in [0.5, 0.6) is 0 Å². The van der Waals surface area contributed by atoms with E-state index in [0.29, 0.717) is 17.0 Å². The van der Waals surface area contributed by atoms with Crippen molar-refractivity contribution >= 4 is 35.0 Å². The van der Waals surface area contributed by atoms with Crippen LogP contribution in [0.3, 0.4) is 0 Å². The van der Waals surface area contributed by atoms with Gasteiger partial charge in [0.1, 0.15) is 5.37 Å². The minimum Gasteiger partial charge on any atom is -0.322 e. The number of hydrogen-bond donors (Lipinski definition) is 1. The van der Waals surface area contributed by atoms with Crippen LogP contribution >= 0.6 is 11.8 Å². The number of carbonyl (C=O) groups excluding carboxylic acids is 2. The van der Waals surface area contributed by atoms with E-state index in [1.165, 1.54) is 5.56 Å². The molecule has 5 heteroatoms. The van der Waals surface area contributed by atoms with Crippen molar-refractivity contribution in [1.82, 2.24) is 0 Å². The normalized spacial score (nSPS) is 16.4. The van der Waals surface area contributed by atoms with E-state index in [1.54, 1.807) is 23.9 Å². The average molecular weight is 431 g/mol. The number of nitrogens with one attached hydrogen (secondary N) is 1. The molecule has 1 aliphatic heterocycles. The lowest BCUT2D eigenvalue weighted by molar-refractivity contribution is -0.115.